The topological polar surface area (TPSA) is 35.6 Å². The molecular weight excluding hydrogens is 317 g/mol. The van der Waals surface area contributed by atoms with Gasteiger partial charge < -0.3 is 10.2 Å². The number of amides is 1. The average Bonchev–Trinajstić information content (AvgIpc) is 2.51. The van der Waals surface area contributed by atoms with Crippen LogP contribution < -0.4 is 5.32 Å². The van der Waals surface area contributed by atoms with E-state index in [-0.39, 0.29) is 24.1 Å². The normalized spacial score (nSPS) is 20.4. The third kappa shape index (κ3) is 5.16. The number of carbonyl (C=O) groups is 1. The summed E-state index contributed by atoms with van der Waals surface area (Å²) >= 11 is 0. The van der Waals surface area contributed by atoms with E-state index >= 15 is 0 Å². The Morgan fingerprint density at radius 2 is 2.00 bits per heavy atom. The van der Waals surface area contributed by atoms with E-state index in [9.17, 15) is 9.18 Å². The molecule has 2 aliphatic heterocycles. The zero-order chi connectivity index (χ0) is 15.4. The second-order valence-corrected chi connectivity index (χ2v) is 6.37. The van der Waals surface area contributed by atoms with Gasteiger partial charge in [0.05, 0.1) is 6.54 Å². The molecule has 0 bridgehead atoms. The van der Waals surface area contributed by atoms with Crippen LogP contribution in [-0.2, 0) is 11.3 Å². The standard InChI is InChI=1S/C17H24FN3O.ClH/c18-16-3-1-2-15(10-16)12-21-9-8-20(13-17(21)22)11-14-4-6-19-7-5-14;/h1-3,10,14,19H,4-9,11-13H2;1H. The maximum Gasteiger partial charge on any atom is 0.237 e. The highest BCUT2D eigenvalue weighted by Crippen LogP contribution is 2.16. The highest BCUT2D eigenvalue weighted by molar-refractivity contribution is 5.85. The van der Waals surface area contributed by atoms with Crippen LogP contribution in [0, 0.1) is 11.7 Å². The molecule has 2 saturated heterocycles. The van der Waals surface area contributed by atoms with Crippen LogP contribution in [0.1, 0.15) is 18.4 Å². The number of nitrogens with zero attached hydrogens (tertiary/aromatic N) is 2. The highest BCUT2D eigenvalue weighted by Gasteiger charge is 2.26. The molecule has 0 aliphatic carbocycles. The first-order valence-electron chi connectivity index (χ1n) is 8.16. The lowest BCUT2D eigenvalue weighted by Crippen LogP contribution is -2.51. The summed E-state index contributed by atoms with van der Waals surface area (Å²) in [5, 5.41) is 3.38. The first-order chi connectivity index (χ1) is 10.7. The lowest BCUT2D eigenvalue weighted by atomic mass is 9.97. The molecule has 4 nitrogen and oxygen atoms in total. The van der Waals surface area contributed by atoms with Crippen molar-refractivity contribution in [2.24, 2.45) is 5.92 Å². The molecule has 2 fully saturated rings. The maximum absolute atomic E-state index is 13.2. The predicted octanol–water partition coefficient (Wildman–Crippen LogP) is 1.89. The summed E-state index contributed by atoms with van der Waals surface area (Å²) in [5.41, 5.74) is 0.861. The summed E-state index contributed by atoms with van der Waals surface area (Å²) in [5.74, 6) is 0.628. The van der Waals surface area contributed by atoms with E-state index in [2.05, 4.69) is 10.2 Å². The fraction of sp³-hybridized carbons (Fsp3) is 0.588. The minimum Gasteiger partial charge on any atom is -0.336 e. The molecule has 23 heavy (non-hydrogen) atoms. The van der Waals surface area contributed by atoms with Crippen molar-refractivity contribution in [1.29, 1.82) is 0 Å². The van der Waals surface area contributed by atoms with Crippen LogP contribution in [-0.4, -0.2) is 55.0 Å². The second-order valence-electron chi connectivity index (χ2n) is 6.37. The lowest BCUT2D eigenvalue weighted by molar-refractivity contribution is -0.137. The molecule has 128 valence electrons. The molecule has 1 amide bonds. The van der Waals surface area contributed by atoms with Crippen molar-refractivity contribution in [3.63, 3.8) is 0 Å². The van der Waals surface area contributed by atoms with E-state index in [1.54, 1.807) is 6.07 Å². The maximum atomic E-state index is 13.2. The Kier molecular flexibility index (Phi) is 6.81. The number of benzene rings is 1. The van der Waals surface area contributed by atoms with Gasteiger partial charge in [0.2, 0.25) is 5.91 Å². The molecule has 0 saturated carbocycles. The van der Waals surface area contributed by atoms with Gasteiger partial charge in [0.25, 0.3) is 0 Å². The Labute approximate surface area is 143 Å². The highest BCUT2D eigenvalue weighted by atomic mass is 35.5. The molecule has 0 radical (unpaired) electrons. The third-order valence-corrected chi connectivity index (χ3v) is 4.64. The van der Waals surface area contributed by atoms with Crippen LogP contribution in [0.4, 0.5) is 4.39 Å². The molecule has 0 atom stereocenters. The summed E-state index contributed by atoms with van der Waals surface area (Å²) in [6.45, 7) is 5.89. The molecular formula is C17H25ClFN3O. The fourth-order valence-corrected chi connectivity index (χ4v) is 3.37. The van der Waals surface area contributed by atoms with Crippen LogP contribution >= 0.6 is 12.4 Å². The van der Waals surface area contributed by atoms with Crippen molar-refractivity contribution in [2.75, 3.05) is 39.3 Å². The van der Waals surface area contributed by atoms with Crippen LogP contribution in [0.3, 0.4) is 0 Å². The Bertz CT molecular complexity index is 522. The fourth-order valence-electron chi connectivity index (χ4n) is 3.37. The molecule has 0 unspecified atom stereocenters. The zero-order valence-corrected chi connectivity index (χ0v) is 14.2. The van der Waals surface area contributed by atoms with Crippen LogP contribution in [0.15, 0.2) is 24.3 Å². The van der Waals surface area contributed by atoms with Gasteiger partial charge in [-0.2, -0.15) is 0 Å². The Morgan fingerprint density at radius 3 is 2.70 bits per heavy atom. The number of halogens is 2. The Hall–Kier alpha value is -1.17. The Morgan fingerprint density at radius 1 is 1.22 bits per heavy atom. The predicted molar refractivity (Wildman–Crippen MR) is 91.1 cm³/mol. The SMILES string of the molecule is Cl.O=C1CN(CC2CCNCC2)CCN1Cc1cccc(F)c1. The van der Waals surface area contributed by atoms with Crippen molar-refractivity contribution in [2.45, 2.75) is 19.4 Å². The number of hydrogen-bond acceptors (Lipinski definition) is 3. The summed E-state index contributed by atoms with van der Waals surface area (Å²) in [6.07, 6.45) is 2.41. The number of carbonyl (C=O) groups excluding carboxylic acids is 1. The minimum absolute atomic E-state index is 0. The molecule has 6 heteroatoms. The van der Waals surface area contributed by atoms with Gasteiger partial charge in [0.15, 0.2) is 0 Å². The van der Waals surface area contributed by atoms with Gasteiger partial charge >= 0.3 is 0 Å². The third-order valence-electron chi connectivity index (χ3n) is 4.64. The number of piperidine rings is 1. The number of hydrogen-bond donors (Lipinski definition) is 1. The zero-order valence-electron chi connectivity index (χ0n) is 13.3. The number of nitrogens with one attached hydrogen (secondary N) is 1. The molecule has 0 spiro atoms. The van der Waals surface area contributed by atoms with E-state index in [0.717, 1.165) is 38.3 Å². The number of rotatable bonds is 4. The lowest BCUT2D eigenvalue weighted by Gasteiger charge is -2.37. The van der Waals surface area contributed by atoms with E-state index in [0.29, 0.717) is 19.0 Å². The second kappa shape index (κ2) is 8.62. The largest absolute Gasteiger partial charge is 0.336 e. The smallest absolute Gasteiger partial charge is 0.237 e. The van der Waals surface area contributed by atoms with Gasteiger partial charge in [-0.1, -0.05) is 12.1 Å². The molecule has 1 aromatic rings. The van der Waals surface area contributed by atoms with E-state index in [1.165, 1.54) is 25.0 Å². The minimum atomic E-state index is -0.241. The summed E-state index contributed by atoms with van der Waals surface area (Å²) in [4.78, 5) is 16.4. The summed E-state index contributed by atoms with van der Waals surface area (Å²) in [7, 11) is 0. The van der Waals surface area contributed by atoms with Gasteiger partial charge in [0, 0.05) is 26.2 Å². The number of piperazine rings is 1. The van der Waals surface area contributed by atoms with Crippen molar-refractivity contribution >= 4 is 18.3 Å². The van der Waals surface area contributed by atoms with Crippen molar-refractivity contribution < 1.29 is 9.18 Å². The molecule has 0 aromatic heterocycles. The average molecular weight is 342 g/mol. The summed E-state index contributed by atoms with van der Waals surface area (Å²) in [6, 6.07) is 6.51. The van der Waals surface area contributed by atoms with E-state index < -0.39 is 0 Å². The van der Waals surface area contributed by atoms with E-state index in [1.807, 2.05) is 11.0 Å². The van der Waals surface area contributed by atoms with Crippen molar-refractivity contribution in [3.8, 4) is 0 Å². The van der Waals surface area contributed by atoms with Crippen LogP contribution in [0.2, 0.25) is 0 Å². The first-order valence-corrected chi connectivity index (χ1v) is 8.16. The van der Waals surface area contributed by atoms with Crippen LogP contribution in [0.25, 0.3) is 0 Å². The molecule has 3 rings (SSSR count). The molecule has 1 N–H and O–H groups in total. The van der Waals surface area contributed by atoms with E-state index in [4.69, 9.17) is 0 Å². The van der Waals surface area contributed by atoms with Gasteiger partial charge in [-0.05, 0) is 49.5 Å². The molecule has 2 aliphatic rings. The molecule has 2 heterocycles. The molecule has 1 aromatic carbocycles. The summed E-state index contributed by atoms with van der Waals surface area (Å²) < 4.78 is 13.2. The van der Waals surface area contributed by atoms with Gasteiger partial charge in [-0.25, -0.2) is 4.39 Å². The first kappa shape index (κ1) is 18.2. The van der Waals surface area contributed by atoms with Gasteiger partial charge in [-0.15, -0.1) is 12.4 Å². The van der Waals surface area contributed by atoms with Crippen LogP contribution in [0.5, 0.6) is 0 Å². The Balaban J connectivity index is 0.00000192. The van der Waals surface area contributed by atoms with Crippen molar-refractivity contribution in [1.82, 2.24) is 15.1 Å². The van der Waals surface area contributed by atoms with Gasteiger partial charge in [-0.3, -0.25) is 9.69 Å². The van der Waals surface area contributed by atoms with Gasteiger partial charge in [0.1, 0.15) is 5.82 Å². The quantitative estimate of drug-likeness (QED) is 0.908. The van der Waals surface area contributed by atoms with Crippen molar-refractivity contribution in [3.05, 3.63) is 35.6 Å². The monoisotopic (exact) mass is 341 g/mol.